The van der Waals surface area contributed by atoms with Crippen LogP contribution in [-0.4, -0.2) is 0 Å². The monoisotopic (exact) mass is 304 g/mol. The first-order valence-corrected chi connectivity index (χ1v) is 5.31. The van der Waals surface area contributed by atoms with Crippen molar-refractivity contribution in [2.24, 2.45) is 5.84 Å². The van der Waals surface area contributed by atoms with Crippen molar-refractivity contribution in [2.45, 2.75) is 6.04 Å². The molecule has 0 bridgehead atoms. The second-order valence-electron chi connectivity index (χ2n) is 2.55. The topological polar surface area (TPSA) is 38.0 Å². The van der Waals surface area contributed by atoms with Gasteiger partial charge in [0.15, 0.2) is 0 Å². The van der Waals surface area contributed by atoms with Gasteiger partial charge in [0.1, 0.15) is 0 Å². The molecule has 0 fully saturated rings. The van der Waals surface area contributed by atoms with E-state index in [1.807, 2.05) is 18.2 Å². The standard InChI is InChI=1S/C9H10Br2N2/c1-2-9(13-12)7-5-6(10)3-4-8(7)11/h2-5,9,13H,1,12H2. The van der Waals surface area contributed by atoms with Crippen molar-refractivity contribution in [1.82, 2.24) is 5.43 Å². The van der Waals surface area contributed by atoms with E-state index in [-0.39, 0.29) is 6.04 Å². The van der Waals surface area contributed by atoms with Crippen molar-refractivity contribution in [2.75, 3.05) is 0 Å². The average molecular weight is 306 g/mol. The van der Waals surface area contributed by atoms with E-state index in [0.29, 0.717) is 0 Å². The number of halogens is 2. The summed E-state index contributed by atoms with van der Waals surface area (Å²) in [4.78, 5) is 0. The van der Waals surface area contributed by atoms with Crippen LogP contribution in [0, 0.1) is 0 Å². The molecule has 1 aromatic rings. The van der Waals surface area contributed by atoms with Crippen LogP contribution in [0.4, 0.5) is 0 Å². The second kappa shape index (κ2) is 4.91. The third-order valence-electron chi connectivity index (χ3n) is 1.71. The van der Waals surface area contributed by atoms with E-state index in [4.69, 9.17) is 5.84 Å². The van der Waals surface area contributed by atoms with Gasteiger partial charge in [0.2, 0.25) is 0 Å². The Morgan fingerprint density at radius 1 is 1.46 bits per heavy atom. The van der Waals surface area contributed by atoms with Gasteiger partial charge in [-0.05, 0) is 23.8 Å². The number of nitrogens with two attached hydrogens (primary N) is 1. The second-order valence-corrected chi connectivity index (χ2v) is 4.32. The Morgan fingerprint density at radius 3 is 2.69 bits per heavy atom. The Morgan fingerprint density at radius 2 is 2.15 bits per heavy atom. The molecule has 0 spiro atoms. The molecule has 2 nitrogen and oxygen atoms in total. The summed E-state index contributed by atoms with van der Waals surface area (Å²) in [6, 6.07) is 5.89. The normalized spacial score (nSPS) is 12.5. The van der Waals surface area contributed by atoms with Gasteiger partial charge in [-0.2, -0.15) is 0 Å². The van der Waals surface area contributed by atoms with Crippen molar-refractivity contribution in [3.8, 4) is 0 Å². The summed E-state index contributed by atoms with van der Waals surface area (Å²) >= 11 is 6.85. The van der Waals surface area contributed by atoms with Crippen molar-refractivity contribution in [3.63, 3.8) is 0 Å². The molecule has 0 radical (unpaired) electrons. The molecule has 1 unspecified atom stereocenters. The zero-order valence-electron chi connectivity index (χ0n) is 6.93. The Bertz CT molecular complexity index is 312. The first-order valence-electron chi connectivity index (χ1n) is 3.72. The number of hydrazine groups is 1. The number of benzene rings is 1. The third-order valence-corrected chi connectivity index (χ3v) is 2.92. The number of hydrogen-bond donors (Lipinski definition) is 2. The zero-order valence-corrected chi connectivity index (χ0v) is 10.1. The fourth-order valence-corrected chi connectivity index (χ4v) is 1.91. The largest absolute Gasteiger partial charge is 0.271 e. The lowest BCUT2D eigenvalue weighted by Crippen LogP contribution is -2.26. The molecule has 0 saturated carbocycles. The van der Waals surface area contributed by atoms with Crippen LogP contribution in [0.15, 0.2) is 39.8 Å². The minimum atomic E-state index is -0.0353. The fraction of sp³-hybridized carbons (Fsp3) is 0.111. The van der Waals surface area contributed by atoms with E-state index in [2.05, 4.69) is 43.9 Å². The lowest BCUT2D eigenvalue weighted by atomic mass is 10.1. The molecular formula is C9H10Br2N2. The molecule has 0 heterocycles. The highest BCUT2D eigenvalue weighted by atomic mass is 79.9. The fourth-order valence-electron chi connectivity index (χ4n) is 1.04. The molecule has 1 atom stereocenters. The van der Waals surface area contributed by atoms with E-state index >= 15 is 0 Å². The highest BCUT2D eigenvalue weighted by molar-refractivity contribution is 9.11. The molecule has 4 heteroatoms. The summed E-state index contributed by atoms with van der Waals surface area (Å²) in [7, 11) is 0. The maximum absolute atomic E-state index is 5.38. The molecule has 0 saturated heterocycles. The molecule has 0 aromatic heterocycles. The van der Waals surface area contributed by atoms with E-state index in [1.165, 1.54) is 0 Å². The lowest BCUT2D eigenvalue weighted by molar-refractivity contribution is 0.654. The summed E-state index contributed by atoms with van der Waals surface area (Å²) in [6.07, 6.45) is 1.76. The van der Waals surface area contributed by atoms with E-state index in [0.717, 1.165) is 14.5 Å². The highest BCUT2D eigenvalue weighted by Gasteiger charge is 2.08. The van der Waals surface area contributed by atoms with Crippen molar-refractivity contribution < 1.29 is 0 Å². The van der Waals surface area contributed by atoms with Crippen LogP contribution in [0.2, 0.25) is 0 Å². The summed E-state index contributed by atoms with van der Waals surface area (Å²) < 4.78 is 2.03. The SMILES string of the molecule is C=CC(NN)c1cc(Br)ccc1Br. The first kappa shape index (κ1) is 10.9. The van der Waals surface area contributed by atoms with Gasteiger partial charge in [-0.25, -0.2) is 5.43 Å². The Hall–Kier alpha value is -0.160. The van der Waals surface area contributed by atoms with Crippen LogP contribution >= 0.6 is 31.9 Å². The van der Waals surface area contributed by atoms with E-state index in [9.17, 15) is 0 Å². The molecule has 0 aliphatic rings. The van der Waals surface area contributed by atoms with Crippen LogP contribution in [0.3, 0.4) is 0 Å². The van der Waals surface area contributed by atoms with Gasteiger partial charge in [-0.1, -0.05) is 37.9 Å². The summed E-state index contributed by atoms with van der Waals surface area (Å²) in [5, 5.41) is 0. The van der Waals surface area contributed by atoms with Gasteiger partial charge < -0.3 is 0 Å². The third kappa shape index (κ3) is 2.64. The maximum atomic E-state index is 5.38. The smallest absolute Gasteiger partial charge is 0.0649 e. The quantitative estimate of drug-likeness (QED) is 0.512. The van der Waals surface area contributed by atoms with Gasteiger partial charge in [-0.3, -0.25) is 5.84 Å². The van der Waals surface area contributed by atoms with Crippen LogP contribution in [0.25, 0.3) is 0 Å². The van der Waals surface area contributed by atoms with Gasteiger partial charge in [-0.15, -0.1) is 6.58 Å². The molecule has 0 aliphatic heterocycles. The van der Waals surface area contributed by atoms with Gasteiger partial charge in [0, 0.05) is 8.95 Å². The zero-order chi connectivity index (χ0) is 9.84. The molecule has 13 heavy (non-hydrogen) atoms. The van der Waals surface area contributed by atoms with Gasteiger partial charge in [0.25, 0.3) is 0 Å². The number of hydrogen-bond acceptors (Lipinski definition) is 2. The molecule has 70 valence electrons. The van der Waals surface area contributed by atoms with Crippen LogP contribution in [-0.2, 0) is 0 Å². The molecule has 1 rings (SSSR count). The highest BCUT2D eigenvalue weighted by Crippen LogP contribution is 2.26. The summed E-state index contributed by atoms with van der Waals surface area (Å²) in [5.74, 6) is 5.38. The lowest BCUT2D eigenvalue weighted by Gasteiger charge is -2.13. The Kier molecular flexibility index (Phi) is 4.12. The maximum Gasteiger partial charge on any atom is 0.0649 e. The van der Waals surface area contributed by atoms with Crippen molar-refractivity contribution in [1.29, 1.82) is 0 Å². The van der Waals surface area contributed by atoms with Crippen LogP contribution in [0.5, 0.6) is 0 Å². The van der Waals surface area contributed by atoms with Crippen LogP contribution in [0.1, 0.15) is 11.6 Å². The van der Waals surface area contributed by atoms with E-state index in [1.54, 1.807) is 6.08 Å². The predicted octanol–water partition coefficient (Wildman–Crippen LogP) is 2.90. The van der Waals surface area contributed by atoms with Gasteiger partial charge in [0.05, 0.1) is 6.04 Å². The summed E-state index contributed by atoms with van der Waals surface area (Å²) in [6.45, 7) is 3.70. The molecular weight excluding hydrogens is 296 g/mol. The van der Waals surface area contributed by atoms with Crippen molar-refractivity contribution >= 4 is 31.9 Å². The van der Waals surface area contributed by atoms with E-state index < -0.39 is 0 Å². The molecule has 3 N–H and O–H groups in total. The van der Waals surface area contributed by atoms with Crippen molar-refractivity contribution in [3.05, 3.63) is 45.4 Å². The number of nitrogens with one attached hydrogen (secondary N) is 1. The minimum Gasteiger partial charge on any atom is -0.271 e. The minimum absolute atomic E-state index is 0.0353. The predicted molar refractivity (Wildman–Crippen MR) is 62.1 cm³/mol. The Labute approximate surface area is 94.4 Å². The molecule has 1 aromatic carbocycles. The summed E-state index contributed by atoms with van der Waals surface area (Å²) in [5.41, 5.74) is 3.73. The molecule has 0 amide bonds. The molecule has 0 aliphatic carbocycles. The Balaban J connectivity index is 3.10. The van der Waals surface area contributed by atoms with Crippen LogP contribution < -0.4 is 11.3 Å². The average Bonchev–Trinajstić information content (AvgIpc) is 2.13. The van der Waals surface area contributed by atoms with Gasteiger partial charge >= 0.3 is 0 Å². The first-order chi connectivity index (χ1) is 6.19. The number of rotatable bonds is 3.